The predicted molar refractivity (Wildman–Crippen MR) is 117 cm³/mol. The maximum absolute atomic E-state index is 14.0. The van der Waals surface area contributed by atoms with E-state index in [0.717, 1.165) is 27.8 Å². The van der Waals surface area contributed by atoms with Gasteiger partial charge in [0.1, 0.15) is 5.78 Å². The molecule has 4 heteroatoms. The number of hydrogen-bond donors (Lipinski definition) is 0. The molecule has 2 atom stereocenters. The molecule has 31 heavy (non-hydrogen) atoms. The van der Waals surface area contributed by atoms with Crippen LogP contribution < -0.4 is 4.90 Å². The van der Waals surface area contributed by atoms with E-state index >= 15 is 0 Å². The Labute approximate surface area is 180 Å². The first-order valence-corrected chi connectivity index (χ1v) is 10.6. The van der Waals surface area contributed by atoms with Crippen LogP contribution >= 0.6 is 0 Å². The minimum atomic E-state index is -1.14. The number of carbonyl (C=O) groups excluding carboxylic acids is 3. The van der Waals surface area contributed by atoms with E-state index in [2.05, 4.69) is 0 Å². The number of amides is 2. The number of nitrogens with zero attached hydrogens (tertiary/aromatic N) is 1. The number of anilines is 1. The fourth-order valence-corrected chi connectivity index (χ4v) is 6.42. The van der Waals surface area contributed by atoms with Crippen molar-refractivity contribution < 1.29 is 14.4 Å². The van der Waals surface area contributed by atoms with E-state index in [9.17, 15) is 14.4 Å². The Morgan fingerprint density at radius 3 is 1.94 bits per heavy atom. The number of rotatable bonds is 2. The Balaban J connectivity index is 1.69. The molecule has 2 amide bonds. The summed E-state index contributed by atoms with van der Waals surface area (Å²) in [7, 11) is 0. The number of ketones is 1. The van der Waals surface area contributed by atoms with Crippen molar-refractivity contribution >= 4 is 23.3 Å². The molecule has 0 radical (unpaired) electrons. The van der Waals surface area contributed by atoms with Gasteiger partial charge in [-0.05, 0) is 47.7 Å². The van der Waals surface area contributed by atoms with Crippen LogP contribution in [0.15, 0.2) is 72.8 Å². The zero-order valence-corrected chi connectivity index (χ0v) is 17.3. The van der Waals surface area contributed by atoms with E-state index in [1.54, 1.807) is 6.92 Å². The summed E-state index contributed by atoms with van der Waals surface area (Å²) >= 11 is 0. The molecule has 3 aliphatic carbocycles. The molecule has 1 aliphatic heterocycles. The molecule has 152 valence electrons. The minimum absolute atomic E-state index is 0.0895. The van der Waals surface area contributed by atoms with Crippen LogP contribution in [-0.4, -0.2) is 17.6 Å². The number of imide groups is 1. The average Bonchev–Trinajstić information content (AvgIpc) is 3.05. The highest BCUT2D eigenvalue weighted by atomic mass is 16.2. The van der Waals surface area contributed by atoms with Crippen LogP contribution in [0.4, 0.5) is 5.69 Å². The van der Waals surface area contributed by atoms with Gasteiger partial charge in [-0.2, -0.15) is 0 Å². The zero-order chi connectivity index (χ0) is 21.5. The molecule has 3 aromatic rings. The standard InChI is InChI=1S/C27H21NO3/c1-15-9-3-8-14-21(15)28-25(30)23-22-17-10-4-6-12-19(17)27(16(2)29,24(23)26(28)31)20-13-7-5-11-18(20)22/h3-14,22-24H,1-2H3/t22?,23-,24+,27?/m0/s1. The first kappa shape index (κ1) is 18.3. The SMILES string of the molecule is CC(=O)C12c3ccccc3C(c3ccccc31)[C@@H]1C(=O)N(c3ccccc3C)C(=O)[C@@H]12. The van der Waals surface area contributed by atoms with Crippen LogP contribution in [0.3, 0.4) is 0 Å². The van der Waals surface area contributed by atoms with E-state index < -0.39 is 17.3 Å². The molecule has 3 aromatic carbocycles. The third-order valence-corrected chi connectivity index (χ3v) is 7.53. The molecule has 2 bridgehead atoms. The van der Waals surface area contributed by atoms with Crippen molar-refractivity contribution in [1.82, 2.24) is 0 Å². The summed E-state index contributed by atoms with van der Waals surface area (Å²) in [4.78, 5) is 42.7. The molecule has 1 heterocycles. The molecule has 7 rings (SSSR count). The van der Waals surface area contributed by atoms with Crippen molar-refractivity contribution in [2.45, 2.75) is 25.2 Å². The van der Waals surface area contributed by atoms with Crippen molar-refractivity contribution in [3.05, 3.63) is 101 Å². The average molecular weight is 407 g/mol. The zero-order valence-electron chi connectivity index (χ0n) is 17.3. The molecule has 1 fully saturated rings. The highest BCUT2D eigenvalue weighted by molar-refractivity contribution is 6.25. The predicted octanol–water partition coefficient (Wildman–Crippen LogP) is 4.13. The Morgan fingerprint density at radius 2 is 1.35 bits per heavy atom. The lowest BCUT2D eigenvalue weighted by Crippen LogP contribution is -2.57. The third-order valence-electron chi connectivity index (χ3n) is 7.53. The molecule has 4 aliphatic rings. The Kier molecular flexibility index (Phi) is 3.54. The molecular formula is C27H21NO3. The highest BCUT2D eigenvalue weighted by Gasteiger charge is 2.70. The molecular weight excluding hydrogens is 386 g/mol. The van der Waals surface area contributed by atoms with Gasteiger partial charge >= 0.3 is 0 Å². The summed E-state index contributed by atoms with van der Waals surface area (Å²) in [5.41, 5.74) is 4.06. The van der Waals surface area contributed by atoms with E-state index in [1.165, 1.54) is 4.90 Å². The van der Waals surface area contributed by atoms with Gasteiger partial charge < -0.3 is 0 Å². The fraction of sp³-hybridized carbons (Fsp3) is 0.222. The van der Waals surface area contributed by atoms with E-state index in [0.29, 0.717) is 5.69 Å². The molecule has 0 spiro atoms. The van der Waals surface area contributed by atoms with Gasteiger partial charge in [0.05, 0.1) is 22.9 Å². The van der Waals surface area contributed by atoms with Crippen LogP contribution in [0, 0.1) is 18.8 Å². The molecule has 4 nitrogen and oxygen atoms in total. The molecule has 0 saturated carbocycles. The summed E-state index contributed by atoms with van der Waals surface area (Å²) in [5.74, 6) is -2.11. The molecule has 0 unspecified atom stereocenters. The third kappa shape index (κ3) is 1.98. The smallest absolute Gasteiger partial charge is 0.239 e. The quantitative estimate of drug-likeness (QED) is 0.600. The summed E-state index contributed by atoms with van der Waals surface area (Å²) in [6.45, 7) is 3.46. The monoisotopic (exact) mass is 407 g/mol. The summed E-state index contributed by atoms with van der Waals surface area (Å²) in [6.07, 6.45) is 0. The number of para-hydroxylation sites is 1. The number of benzene rings is 3. The maximum atomic E-state index is 14.0. The Hall–Kier alpha value is -3.53. The fourth-order valence-electron chi connectivity index (χ4n) is 6.42. The second-order valence-corrected chi connectivity index (χ2v) is 8.82. The molecule has 1 saturated heterocycles. The van der Waals surface area contributed by atoms with Crippen molar-refractivity contribution in [3.8, 4) is 0 Å². The van der Waals surface area contributed by atoms with Crippen molar-refractivity contribution in [2.24, 2.45) is 11.8 Å². The molecule has 0 aromatic heterocycles. The number of Topliss-reactive ketones (excluding diaryl/α,β-unsaturated/α-hetero) is 1. The normalized spacial score (nSPS) is 27.7. The van der Waals surface area contributed by atoms with Crippen LogP contribution in [0.5, 0.6) is 0 Å². The van der Waals surface area contributed by atoms with Gasteiger partial charge in [-0.1, -0.05) is 66.7 Å². The van der Waals surface area contributed by atoms with Gasteiger partial charge in [0.25, 0.3) is 0 Å². The van der Waals surface area contributed by atoms with Gasteiger partial charge in [-0.25, -0.2) is 4.90 Å². The lowest BCUT2D eigenvalue weighted by atomic mass is 9.46. The van der Waals surface area contributed by atoms with Crippen LogP contribution in [0.25, 0.3) is 0 Å². The number of hydrogen-bond acceptors (Lipinski definition) is 3. The topological polar surface area (TPSA) is 54.5 Å². The van der Waals surface area contributed by atoms with Gasteiger partial charge in [0, 0.05) is 5.92 Å². The first-order valence-electron chi connectivity index (χ1n) is 10.6. The van der Waals surface area contributed by atoms with Gasteiger partial charge in [0.2, 0.25) is 11.8 Å². The van der Waals surface area contributed by atoms with Crippen LogP contribution in [0.2, 0.25) is 0 Å². The van der Waals surface area contributed by atoms with Crippen LogP contribution in [0.1, 0.15) is 40.7 Å². The second-order valence-electron chi connectivity index (χ2n) is 8.82. The van der Waals surface area contributed by atoms with Gasteiger partial charge in [-0.3, -0.25) is 14.4 Å². The lowest BCUT2D eigenvalue weighted by Gasteiger charge is -2.52. The summed E-state index contributed by atoms with van der Waals surface area (Å²) in [5, 5.41) is 0. The lowest BCUT2D eigenvalue weighted by molar-refractivity contribution is -0.132. The van der Waals surface area contributed by atoms with Crippen molar-refractivity contribution in [1.29, 1.82) is 0 Å². The number of carbonyl (C=O) groups is 3. The van der Waals surface area contributed by atoms with E-state index in [1.807, 2.05) is 79.7 Å². The van der Waals surface area contributed by atoms with E-state index in [4.69, 9.17) is 0 Å². The van der Waals surface area contributed by atoms with Crippen LogP contribution in [-0.2, 0) is 19.8 Å². The first-order chi connectivity index (χ1) is 15.0. The Morgan fingerprint density at radius 1 is 0.806 bits per heavy atom. The van der Waals surface area contributed by atoms with Crippen molar-refractivity contribution in [3.63, 3.8) is 0 Å². The van der Waals surface area contributed by atoms with Gasteiger partial charge in [-0.15, -0.1) is 0 Å². The Bertz CT molecular complexity index is 1260. The largest absolute Gasteiger partial charge is 0.299 e. The minimum Gasteiger partial charge on any atom is -0.299 e. The van der Waals surface area contributed by atoms with Gasteiger partial charge in [0.15, 0.2) is 0 Å². The maximum Gasteiger partial charge on any atom is 0.239 e. The second kappa shape index (κ2) is 6.01. The summed E-state index contributed by atoms with van der Waals surface area (Å²) in [6, 6.07) is 23.1. The van der Waals surface area contributed by atoms with E-state index in [-0.39, 0.29) is 23.5 Å². The number of aryl methyl sites for hydroxylation is 1. The summed E-state index contributed by atoms with van der Waals surface area (Å²) < 4.78 is 0. The highest BCUT2D eigenvalue weighted by Crippen LogP contribution is 2.64. The molecule has 0 N–H and O–H groups in total. The van der Waals surface area contributed by atoms with Crippen molar-refractivity contribution in [2.75, 3.05) is 4.90 Å².